The Kier molecular flexibility index (Phi) is 2.89. The normalized spacial score (nSPS) is 20.4. The predicted octanol–water partition coefficient (Wildman–Crippen LogP) is 3.29. The summed E-state index contributed by atoms with van der Waals surface area (Å²) in [5.74, 6) is -3.50. The first-order valence-corrected chi connectivity index (χ1v) is 7.18. The highest BCUT2D eigenvalue weighted by molar-refractivity contribution is 5.97. The Bertz CT molecular complexity index is 877. The van der Waals surface area contributed by atoms with Gasteiger partial charge < -0.3 is 15.4 Å². The lowest BCUT2D eigenvalue weighted by Gasteiger charge is -2.38. The second-order valence-electron chi connectivity index (χ2n) is 5.83. The van der Waals surface area contributed by atoms with Crippen molar-refractivity contribution >= 4 is 22.6 Å². The molecule has 2 aliphatic rings. The monoisotopic (exact) mass is 317 g/mol. The summed E-state index contributed by atoms with van der Waals surface area (Å²) in [6.45, 7) is 0. The van der Waals surface area contributed by atoms with Crippen LogP contribution >= 0.6 is 0 Å². The molecule has 1 N–H and O–H groups in total. The predicted molar refractivity (Wildman–Crippen MR) is 78.7 cm³/mol. The van der Waals surface area contributed by atoms with E-state index >= 15 is 0 Å². The topological polar surface area (TPSA) is 76.5 Å². The van der Waals surface area contributed by atoms with Crippen molar-refractivity contribution in [3.05, 3.63) is 52.5 Å². The lowest BCUT2D eigenvalue weighted by molar-refractivity contribution is -0.132. The highest BCUT2D eigenvalue weighted by atomic mass is 19.2. The molecule has 5 nitrogen and oxygen atoms in total. The molecular formula is C16H11F2N2O3-. The van der Waals surface area contributed by atoms with E-state index in [1.54, 1.807) is 0 Å². The fourth-order valence-electron chi connectivity index (χ4n) is 3.17. The maximum Gasteiger partial charge on any atom is 0.351 e. The Morgan fingerprint density at radius 1 is 1.35 bits per heavy atom. The summed E-state index contributed by atoms with van der Waals surface area (Å²) in [5.41, 5.74) is 0.102. The van der Waals surface area contributed by atoms with Crippen LogP contribution in [0.5, 0.6) is 0 Å². The van der Waals surface area contributed by atoms with Crippen LogP contribution in [-0.4, -0.2) is 16.1 Å². The molecule has 1 aromatic carbocycles. The number of hydrogen-bond donors (Lipinski definition) is 1. The molecule has 1 unspecified atom stereocenters. The molecule has 0 saturated heterocycles. The number of fused-ring (bicyclic) bond motifs is 3. The fourth-order valence-corrected chi connectivity index (χ4v) is 3.17. The van der Waals surface area contributed by atoms with Gasteiger partial charge in [0.15, 0.2) is 11.6 Å². The summed E-state index contributed by atoms with van der Waals surface area (Å²) < 4.78 is 27.4. The molecular weight excluding hydrogens is 306 g/mol. The molecule has 2 heterocycles. The Morgan fingerprint density at radius 2 is 2.09 bits per heavy atom. The maximum absolute atomic E-state index is 14.0. The van der Waals surface area contributed by atoms with E-state index < -0.39 is 17.6 Å². The summed E-state index contributed by atoms with van der Waals surface area (Å²) >= 11 is 0. The Labute approximate surface area is 129 Å². The number of rotatable bonds is 2. The Morgan fingerprint density at radius 3 is 2.74 bits per heavy atom. The van der Waals surface area contributed by atoms with Gasteiger partial charge in [0.1, 0.15) is 11.2 Å². The number of pyridine rings is 1. The summed E-state index contributed by atoms with van der Waals surface area (Å²) in [7, 11) is 0. The fraction of sp³-hybridized carbons (Fsp3) is 0.250. The number of halogens is 2. The van der Waals surface area contributed by atoms with Crippen LogP contribution in [0.25, 0.3) is 10.9 Å². The smallest absolute Gasteiger partial charge is 0.351 e. The molecule has 118 valence electrons. The number of hydrogen-bond acceptors (Lipinski definition) is 4. The molecule has 0 amide bonds. The molecule has 1 aromatic heterocycles. The van der Waals surface area contributed by atoms with Gasteiger partial charge in [-0.25, -0.2) is 13.6 Å². The molecule has 1 aliphatic heterocycles. The van der Waals surface area contributed by atoms with Gasteiger partial charge in [0.25, 0.3) is 0 Å². The number of anilines is 1. The molecule has 7 heteroatoms. The van der Waals surface area contributed by atoms with Crippen molar-refractivity contribution < 1.29 is 18.7 Å². The van der Waals surface area contributed by atoms with Gasteiger partial charge in [0.2, 0.25) is 0 Å². The summed E-state index contributed by atoms with van der Waals surface area (Å²) in [5, 5.41) is 22.2. The van der Waals surface area contributed by atoms with Crippen molar-refractivity contribution in [3.8, 4) is 0 Å². The molecule has 1 atom stereocenters. The van der Waals surface area contributed by atoms with Crippen molar-refractivity contribution in [1.29, 1.82) is 0 Å². The number of benzene rings is 1. The summed E-state index contributed by atoms with van der Waals surface area (Å²) in [4.78, 5) is 15.1. The average molecular weight is 317 g/mol. The van der Waals surface area contributed by atoms with Gasteiger partial charge in [-0.15, -0.1) is 0 Å². The zero-order valence-corrected chi connectivity index (χ0v) is 11.8. The molecule has 1 fully saturated rings. The third kappa shape index (κ3) is 2.00. The van der Waals surface area contributed by atoms with Gasteiger partial charge in [0.05, 0.1) is 11.9 Å². The number of aromatic nitrogens is 1. The Balaban J connectivity index is 2.02. The van der Waals surface area contributed by atoms with Crippen molar-refractivity contribution in [2.24, 2.45) is 5.92 Å². The van der Waals surface area contributed by atoms with E-state index in [9.17, 15) is 23.9 Å². The zero-order chi connectivity index (χ0) is 16.3. The van der Waals surface area contributed by atoms with Crippen LogP contribution in [-0.2, 0) is 4.79 Å². The van der Waals surface area contributed by atoms with Crippen LogP contribution in [0.15, 0.2) is 30.1 Å². The SMILES string of the molecule is O=C(O)C1=CC(C2CC2)c2c(cnc3c(F)c(F)ccc23)N1[O-]. The van der Waals surface area contributed by atoms with Crippen LogP contribution in [0, 0.1) is 22.8 Å². The number of allylic oxidation sites excluding steroid dienone is 1. The number of nitrogens with zero attached hydrogens (tertiary/aromatic N) is 2. The number of carboxylic acids is 1. The van der Waals surface area contributed by atoms with E-state index in [0.29, 0.717) is 16.0 Å². The highest BCUT2D eigenvalue weighted by Crippen LogP contribution is 2.51. The van der Waals surface area contributed by atoms with Gasteiger partial charge in [-0.2, -0.15) is 0 Å². The minimum absolute atomic E-state index is 0.0836. The van der Waals surface area contributed by atoms with Crippen molar-refractivity contribution in [1.82, 2.24) is 4.98 Å². The van der Waals surface area contributed by atoms with Gasteiger partial charge in [-0.3, -0.25) is 4.98 Å². The number of hydroxylamine groups is 1. The average Bonchev–Trinajstić information content (AvgIpc) is 3.35. The van der Waals surface area contributed by atoms with Crippen LogP contribution in [0.3, 0.4) is 0 Å². The zero-order valence-electron chi connectivity index (χ0n) is 11.8. The minimum atomic E-state index is -1.32. The molecule has 1 saturated carbocycles. The highest BCUT2D eigenvalue weighted by Gasteiger charge is 2.37. The third-order valence-electron chi connectivity index (χ3n) is 4.41. The first kappa shape index (κ1) is 14.1. The lowest BCUT2D eigenvalue weighted by Crippen LogP contribution is -2.27. The molecule has 0 bridgehead atoms. The third-order valence-corrected chi connectivity index (χ3v) is 4.41. The van der Waals surface area contributed by atoms with E-state index in [0.717, 1.165) is 25.1 Å². The van der Waals surface area contributed by atoms with E-state index in [4.69, 9.17) is 0 Å². The van der Waals surface area contributed by atoms with Crippen molar-refractivity contribution in [2.45, 2.75) is 18.8 Å². The van der Waals surface area contributed by atoms with Gasteiger partial charge in [-0.05, 0) is 42.5 Å². The van der Waals surface area contributed by atoms with E-state index in [-0.39, 0.29) is 28.7 Å². The number of carbonyl (C=O) groups is 1. The van der Waals surface area contributed by atoms with Crippen molar-refractivity contribution in [2.75, 3.05) is 5.06 Å². The van der Waals surface area contributed by atoms with E-state index in [1.165, 1.54) is 12.1 Å². The van der Waals surface area contributed by atoms with Crippen LogP contribution < -0.4 is 5.06 Å². The number of carboxylic acid groups (broad SMARTS) is 1. The standard InChI is InChI=1S/C16H11F2N2O3/c17-10-4-3-8-13-9(7-1-2-7)5-11(16(21)22)20(23)12(13)6-19-15(8)14(10)18/h3-7,9H,1-2H2,(H,21,22)/q-1. The Hall–Kier alpha value is -2.54. The van der Waals surface area contributed by atoms with Crippen LogP contribution in [0.1, 0.15) is 24.3 Å². The molecule has 4 rings (SSSR count). The van der Waals surface area contributed by atoms with Crippen LogP contribution in [0.4, 0.5) is 14.5 Å². The summed E-state index contributed by atoms with van der Waals surface area (Å²) in [6, 6.07) is 2.39. The molecule has 0 radical (unpaired) electrons. The van der Waals surface area contributed by atoms with E-state index in [1.807, 2.05) is 0 Å². The number of aliphatic carboxylic acids is 1. The molecule has 1 aliphatic carbocycles. The quantitative estimate of drug-likeness (QED) is 0.919. The molecule has 2 aromatic rings. The molecule has 23 heavy (non-hydrogen) atoms. The maximum atomic E-state index is 14.0. The first-order chi connectivity index (χ1) is 11.0. The largest absolute Gasteiger partial charge is 0.754 e. The first-order valence-electron chi connectivity index (χ1n) is 7.18. The summed E-state index contributed by atoms with van der Waals surface area (Å²) in [6.07, 6.45) is 4.34. The van der Waals surface area contributed by atoms with Gasteiger partial charge in [-0.1, -0.05) is 0 Å². The van der Waals surface area contributed by atoms with Crippen LogP contribution in [0.2, 0.25) is 0 Å². The molecule has 0 spiro atoms. The van der Waals surface area contributed by atoms with Crippen molar-refractivity contribution in [3.63, 3.8) is 0 Å². The van der Waals surface area contributed by atoms with Gasteiger partial charge >= 0.3 is 5.97 Å². The second kappa shape index (κ2) is 4.73. The minimum Gasteiger partial charge on any atom is -0.754 e. The second-order valence-corrected chi connectivity index (χ2v) is 5.83. The van der Waals surface area contributed by atoms with E-state index in [2.05, 4.69) is 4.98 Å². The lowest BCUT2D eigenvalue weighted by atomic mass is 9.86. The van der Waals surface area contributed by atoms with Gasteiger partial charge in [0, 0.05) is 11.3 Å².